The predicted molar refractivity (Wildman–Crippen MR) is 96.5 cm³/mol. The number of hydrogen-bond donors (Lipinski definition) is 2. The first-order valence-corrected chi connectivity index (χ1v) is 9.55. The number of carbonyl (C=O) groups excluding carboxylic acids is 3. The standard InChI is InChI=1S/C20H30O7/c1-6-10(2)18(23)27-17-16-13(12(4)19(24)26-16)15(22)14(21)11(3)8-7-9-20(17,5)25/h10-11,13,15-17,22,25H,4,6-9H2,1-3,5H3/t10-,11+,13+,15+,16-,17+,20-/m1/s1. The molecule has 7 atom stereocenters. The van der Waals surface area contributed by atoms with Gasteiger partial charge in [-0.2, -0.15) is 0 Å². The van der Waals surface area contributed by atoms with Gasteiger partial charge in [-0.1, -0.05) is 27.4 Å². The molecule has 1 saturated heterocycles. The summed E-state index contributed by atoms with van der Waals surface area (Å²) in [6.45, 7) is 10.4. The molecule has 27 heavy (non-hydrogen) atoms. The highest BCUT2D eigenvalue weighted by atomic mass is 16.6. The lowest BCUT2D eigenvalue weighted by Crippen LogP contribution is -2.55. The summed E-state index contributed by atoms with van der Waals surface area (Å²) in [5.74, 6) is -3.59. The van der Waals surface area contributed by atoms with Crippen molar-refractivity contribution in [2.45, 2.75) is 77.3 Å². The number of carbonyl (C=O) groups is 3. The zero-order valence-corrected chi connectivity index (χ0v) is 16.4. The second-order valence-electron chi connectivity index (χ2n) is 8.09. The molecule has 2 aliphatic rings. The number of ketones is 1. The van der Waals surface area contributed by atoms with E-state index in [9.17, 15) is 24.6 Å². The summed E-state index contributed by atoms with van der Waals surface area (Å²) in [6.07, 6.45) is -2.12. The maximum atomic E-state index is 12.6. The van der Waals surface area contributed by atoms with E-state index >= 15 is 0 Å². The minimum absolute atomic E-state index is 0.0472. The Hall–Kier alpha value is -1.73. The fourth-order valence-electron chi connectivity index (χ4n) is 3.70. The summed E-state index contributed by atoms with van der Waals surface area (Å²) in [5.41, 5.74) is -1.54. The van der Waals surface area contributed by atoms with Crippen molar-refractivity contribution in [1.29, 1.82) is 0 Å². The number of ether oxygens (including phenoxy) is 2. The Kier molecular flexibility index (Phi) is 6.47. The van der Waals surface area contributed by atoms with Gasteiger partial charge in [0.15, 0.2) is 18.0 Å². The van der Waals surface area contributed by atoms with E-state index in [-0.39, 0.29) is 12.0 Å². The highest BCUT2D eigenvalue weighted by molar-refractivity contribution is 5.94. The second kappa shape index (κ2) is 8.10. The highest BCUT2D eigenvalue weighted by Gasteiger charge is 2.55. The topological polar surface area (TPSA) is 110 Å². The van der Waals surface area contributed by atoms with Gasteiger partial charge < -0.3 is 19.7 Å². The van der Waals surface area contributed by atoms with E-state index < -0.39 is 59.4 Å². The number of hydrogen-bond acceptors (Lipinski definition) is 7. The van der Waals surface area contributed by atoms with Crippen molar-refractivity contribution in [2.75, 3.05) is 0 Å². The number of Topliss-reactive ketones (excluding diaryl/α,β-unsaturated/α-hetero) is 1. The van der Waals surface area contributed by atoms with Gasteiger partial charge in [-0.3, -0.25) is 9.59 Å². The smallest absolute Gasteiger partial charge is 0.334 e. The zero-order chi connectivity index (χ0) is 20.5. The fraction of sp³-hybridized carbons (Fsp3) is 0.750. The second-order valence-corrected chi connectivity index (χ2v) is 8.09. The summed E-state index contributed by atoms with van der Waals surface area (Å²) in [5, 5.41) is 21.7. The maximum Gasteiger partial charge on any atom is 0.334 e. The quantitative estimate of drug-likeness (QED) is 0.563. The Balaban J connectivity index is 2.46. The molecule has 0 radical (unpaired) electrons. The van der Waals surface area contributed by atoms with E-state index in [0.717, 1.165) is 0 Å². The van der Waals surface area contributed by atoms with Gasteiger partial charge in [0.05, 0.1) is 11.8 Å². The first-order chi connectivity index (χ1) is 12.5. The minimum atomic E-state index is -1.51. The van der Waals surface area contributed by atoms with Crippen molar-refractivity contribution >= 4 is 17.7 Å². The molecule has 1 heterocycles. The summed E-state index contributed by atoms with van der Waals surface area (Å²) in [6, 6.07) is 0. The molecule has 1 aliphatic carbocycles. The molecule has 152 valence electrons. The summed E-state index contributed by atoms with van der Waals surface area (Å²) >= 11 is 0. The Morgan fingerprint density at radius 3 is 2.67 bits per heavy atom. The molecular weight excluding hydrogens is 352 g/mol. The Morgan fingerprint density at radius 1 is 1.44 bits per heavy atom. The molecule has 2 fully saturated rings. The first kappa shape index (κ1) is 21.6. The third kappa shape index (κ3) is 4.24. The van der Waals surface area contributed by atoms with E-state index in [1.807, 2.05) is 6.92 Å². The van der Waals surface area contributed by atoms with Crippen LogP contribution in [0.25, 0.3) is 0 Å². The van der Waals surface area contributed by atoms with Crippen LogP contribution >= 0.6 is 0 Å². The van der Waals surface area contributed by atoms with Crippen LogP contribution in [0.4, 0.5) is 0 Å². The fourth-order valence-corrected chi connectivity index (χ4v) is 3.70. The lowest BCUT2D eigenvalue weighted by Gasteiger charge is -2.39. The molecule has 1 saturated carbocycles. The van der Waals surface area contributed by atoms with Crippen LogP contribution in [-0.4, -0.2) is 51.8 Å². The van der Waals surface area contributed by atoms with E-state index in [4.69, 9.17) is 9.47 Å². The van der Waals surface area contributed by atoms with Gasteiger partial charge in [0.1, 0.15) is 11.7 Å². The number of aliphatic hydroxyl groups excluding tert-OH is 1. The van der Waals surface area contributed by atoms with Crippen molar-refractivity contribution in [1.82, 2.24) is 0 Å². The molecule has 0 amide bonds. The Morgan fingerprint density at radius 2 is 2.07 bits per heavy atom. The third-order valence-electron chi connectivity index (χ3n) is 5.87. The summed E-state index contributed by atoms with van der Waals surface area (Å²) < 4.78 is 10.9. The van der Waals surface area contributed by atoms with Gasteiger partial charge in [0, 0.05) is 11.5 Å². The van der Waals surface area contributed by atoms with Crippen molar-refractivity contribution in [3.05, 3.63) is 12.2 Å². The van der Waals surface area contributed by atoms with Crippen LogP contribution in [0.3, 0.4) is 0 Å². The molecule has 7 heteroatoms. The van der Waals surface area contributed by atoms with Crippen molar-refractivity contribution in [3.8, 4) is 0 Å². The van der Waals surface area contributed by atoms with Crippen LogP contribution in [0.1, 0.15) is 53.4 Å². The van der Waals surface area contributed by atoms with Gasteiger partial charge >= 0.3 is 11.9 Å². The van der Waals surface area contributed by atoms with Crippen molar-refractivity contribution in [2.24, 2.45) is 17.8 Å². The molecule has 0 aromatic rings. The Labute approximate surface area is 159 Å². The molecular formula is C20H30O7. The predicted octanol–water partition coefficient (Wildman–Crippen LogP) is 1.54. The lowest BCUT2D eigenvalue weighted by molar-refractivity contribution is -0.194. The van der Waals surface area contributed by atoms with Gasteiger partial charge in [-0.25, -0.2) is 4.79 Å². The number of rotatable bonds is 3. The number of fused-ring (bicyclic) bond motifs is 1. The maximum absolute atomic E-state index is 12.6. The summed E-state index contributed by atoms with van der Waals surface area (Å²) in [4.78, 5) is 37.1. The van der Waals surface area contributed by atoms with Crippen molar-refractivity contribution < 1.29 is 34.1 Å². The molecule has 0 unspecified atom stereocenters. The van der Waals surface area contributed by atoms with Crippen LogP contribution < -0.4 is 0 Å². The average Bonchev–Trinajstić information content (AvgIpc) is 2.90. The molecule has 7 nitrogen and oxygen atoms in total. The van der Waals surface area contributed by atoms with E-state index in [1.54, 1.807) is 13.8 Å². The van der Waals surface area contributed by atoms with Crippen LogP contribution in [0.15, 0.2) is 12.2 Å². The van der Waals surface area contributed by atoms with Crippen molar-refractivity contribution in [3.63, 3.8) is 0 Å². The highest BCUT2D eigenvalue weighted by Crippen LogP contribution is 2.40. The Bertz CT molecular complexity index is 624. The molecule has 2 rings (SSSR count). The van der Waals surface area contributed by atoms with E-state index in [1.165, 1.54) is 6.92 Å². The molecule has 0 aromatic carbocycles. The SMILES string of the molecule is C=C1C(=O)O[C@@H]2[C@@H]1[C@H](O)C(=O)[C@@H](C)CCC[C@@](C)(O)[C@H]2OC(=O)[C@H](C)CC. The molecule has 0 aromatic heterocycles. The molecule has 0 bridgehead atoms. The van der Waals surface area contributed by atoms with Gasteiger partial charge in [0.2, 0.25) is 0 Å². The van der Waals surface area contributed by atoms with Crippen LogP contribution in [0.5, 0.6) is 0 Å². The van der Waals surface area contributed by atoms with E-state index in [0.29, 0.717) is 19.3 Å². The number of esters is 2. The first-order valence-electron chi connectivity index (χ1n) is 9.55. The zero-order valence-electron chi connectivity index (χ0n) is 16.4. The van der Waals surface area contributed by atoms with Crippen LogP contribution in [0, 0.1) is 17.8 Å². The van der Waals surface area contributed by atoms with Crippen LogP contribution in [0.2, 0.25) is 0 Å². The molecule has 0 spiro atoms. The monoisotopic (exact) mass is 382 g/mol. The van der Waals surface area contributed by atoms with Gasteiger partial charge in [-0.05, 0) is 32.6 Å². The average molecular weight is 382 g/mol. The molecule has 2 N–H and O–H groups in total. The van der Waals surface area contributed by atoms with Gasteiger partial charge in [0.25, 0.3) is 0 Å². The molecule has 1 aliphatic heterocycles. The normalized spacial score (nSPS) is 38.7. The van der Waals surface area contributed by atoms with E-state index in [2.05, 4.69) is 6.58 Å². The van der Waals surface area contributed by atoms with Crippen LogP contribution in [-0.2, 0) is 23.9 Å². The summed E-state index contributed by atoms with van der Waals surface area (Å²) in [7, 11) is 0. The lowest BCUT2D eigenvalue weighted by atomic mass is 9.76. The third-order valence-corrected chi connectivity index (χ3v) is 5.87. The number of aliphatic hydroxyl groups is 2. The minimum Gasteiger partial charge on any atom is -0.455 e. The largest absolute Gasteiger partial charge is 0.455 e. The van der Waals surface area contributed by atoms with Gasteiger partial charge in [-0.15, -0.1) is 0 Å².